The van der Waals surface area contributed by atoms with Crippen molar-refractivity contribution in [3.8, 4) is 5.75 Å². The summed E-state index contributed by atoms with van der Waals surface area (Å²) in [7, 11) is 2.23. The van der Waals surface area contributed by atoms with Crippen LogP contribution in [0.2, 0.25) is 0 Å². The van der Waals surface area contributed by atoms with E-state index < -0.39 is 5.60 Å². The summed E-state index contributed by atoms with van der Waals surface area (Å²) in [5, 5.41) is 3.66. The molecule has 1 amide bonds. The molecule has 0 aliphatic carbocycles. The normalized spacial score (nSPS) is 22.9. The highest BCUT2D eigenvalue weighted by atomic mass is 16.6. The number of carbonyl (C=O) groups excluding carboxylic acids is 1. The first-order valence-corrected chi connectivity index (χ1v) is 15.2. The molecule has 6 rings (SSSR count). The molecule has 0 unspecified atom stereocenters. The Bertz CT molecular complexity index is 1270. The fourth-order valence-corrected chi connectivity index (χ4v) is 6.72. The summed E-state index contributed by atoms with van der Waals surface area (Å²) >= 11 is 0. The predicted octanol–water partition coefficient (Wildman–Crippen LogP) is 5.22. The van der Waals surface area contributed by atoms with Gasteiger partial charge in [-0.1, -0.05) is 6.07 Å². The number of hydrogen-bond donors (Lipinski definition) is 1. The first-order chi connectivity index (χ1) is 19.7. The minimum absolute atomic E-state index is 0.204. The van der Waals surface area contributed by atoms with Crippen LogP contribution in [0.15, 0.2) is 24.4 Å². The summed E-state index contributed by atoms with van der Waals surface area (Å²) < 4.78 is 17.6. The van der Waals surface area contributed by atoms with Gasteiger partial charge in [0.2, 0.25) is 0 Å². The average Bonchev–Trinajstić information content (AvgIpc) is 3.21. The molecule has 9 nitrogen and oxygen atoms in total. The van der Waals surface area contributed by atoms with Crippen LogP contribution in [0.25, 0.3) is 0 Å². The van der Waals surface area contributed by atoms with Crippen LogP contribution in [-0.4, -0.2) is 90.4 Å². The van der Waals surface area contributed by atoms with Crippen molar-refractivity contribution in [3.63, 3.8) is 0 Å². The third kappa shape index (κ3) is 6.03. The lowest BCUT2D eigenvalue weighted by atomic mass is 9.89. The minimum atomic E-state index is -0.460. The molecule has 0 bridgehead atoms. The highest BCUT2D eigenvalue weighted by molar-refractivity contribution is 5.71. The monoisotopic (exact) mass is 563 g/mol. The molecule has 41 heavy (non-hydrogen) atoms. The topological polar surface area (TPSA) is 79.4 Å². The van der Waals surface area contributed by atoms with Crippen molar-refractivity contribution in [2.24, 2.45) is 0 Å². The maximum Gasteiger partial charge on any atom is 0.410 e. The zero-order valence-electron chi connectivity index (χ0n) is 25.2. The van der Waals surface area contributed by atoms with Crippen LogP contribution in [0.1, 0.15) is 74.2 Å². The number of pyridine rings is 1. The first-order valence-electron chi connectivity index (χ1n) is 15.2. The number of rotatable bonds is 3. The molecular formula is C32H45N5O4. The second-order valence-electron chi connectivity index (χ2n) is 13.1. The molecule has 3 fully saturated rings. The Balaban J connectivity index is 1.15. The Morgan fingerprint density at radius 3 is 2.63 bits per heavy atom. The second kappa shape index (κ2) is 11.4. The minimum Gasteiger partial charge on any atom is -0.486 e. The third-order valence-electron chi connectivity index (χ3n) is 9.04. The molecule has 1 atom stereocenters. The van der Waals surface area contributed by atoms with Crippen molar-refractivity contribution < 1.29 is 19.0 Å². The van der Waals surface area contributed by atoms with Crippen molar-refractivity contribution >= 4 is 17.6 Å². The maximum absolute atomic E-state index is 12.4. The molecule has 1 aromatic carbocycles. The van der Waals surface area contributed by atoms with Crippen LogP contribution in [0.5, 0.6) is 5.75 Å². The Labute approximate surface area is 244 Å². The van der Waals surface area contributed by atoms with Crippen molar-refractivity contribution in [2.45, 2.75) is 77.2 Å². The molecule has 4 aliphatic heterocycles. The van der Waals surface area contributed by atoms with Gasteiger partial charge in [0.25, 0.3) is 0 Å². The molecule has 1 aromatic heterocycles. The van der Waals surface area contributed by atoms with E-state index in [1.807, 2.05) is 31.9 Å². The molecule has 4 aliphatic rings. The van der Waals surface area contributed by atoms with Gasteiger partial charge >= 0.3 is 6.09 Å². The number of nitrogens with one attached hydrogen (secondary N) is 1. The van der Waals surface area contributed by atoms with Gasteiger partial charge in [-0.05, 0) is 88.7 Å². The van der Waals surface area contributed by atoms with Gasteiger partial charge in [0.15, 0.2) is 0 Å². The Morgan fingerprint density at radius 2 is 1.88 bits per heavy atom. The summed E-state index contributed by atoms with van der Waals surface area (Å²) in [5.74, 6) is 2.31. The van der Waals surface area contributed by atoms with Crippen LogP contribution < -0.4 is 10.1 Å². The van der Waals surface area contributed by atoms with E-state index in [1.54, 1.807) is 0 Å². The summed E-state index contributed by atoms with van der Waals surface area (Å²) in [5.41, 5.74) is 5.48. The van der Waals surface area contributed by atoms with E-state index in [-0.39, 0.29) is 6.09 Å². The van der Waals surface area contributed by atoms with Gasteiger partial charge in [-0.3, -0.25) is 9.80 Å². The Kier molecular flexibility index (Phi) is 7.87. The number of likely N-dealkylation sites (tertiary alicyclic amines) is 1. The predicted molar refractivity (Wildman–Crippen MR) is 159 cm³/mol. The SMILES string of the molecule is Cc1cc([C@H]2CCN(C3CN(C(=O)OC(C)(C)C)C3)CCN2C)cc2c1OCc1c(C3CCOCC3)ccnc1N2. The number of nitrogens with zero attached hydrogens (tertiary/aromatic N) is 4. The van der Waals surface area contributed by atoms with E-state index in [9.17, 15) is 4.79 Å². The molecule has 5 heterocycles. The molecule has 1 N–H and O–H groups in total. The molecule has 9 heteroatoms. The second-order valence-corrected chi connectivity index (χ2v) is 13.1. The van der Waals surface area contributed by atoms with Crippen LogP contribution in [0.3, 0.4) is 0 Å². The fourth-order valence-electron chi connectivity index (χ4n) is 6.72. The molecule has 0 spiro atoms. The summed E-state index contributed by atoms with van der Waals surface area (Å²) in [4.78, 5) is 24.0. The van der Waals surface area contributed by atoms with Gasteiger partial charge in [-0.2, -0.15) is 0 Å². The lowest BCUT2D eigenvalue weighted by Gasteiger charge is -2.45. The van der Waals surface area contributed by atoms with Gasteiger partial charge in [-0.15, -0.1) is 0 Å². The van der Waals surface area contributed by atoms with E-state index >= 15 is 0 Å². The fraction of sp³-hybridized carbons (Fsp3) is 0.625. The van der Waals surface area contributed by atoms with E-state index in [0.717, 1.165) is 88.0 Å². The number of benzene rings is 1. The lowest BCUT2D eigenvalue weighted by molar-refractivity contribution is -0.0145. The summed E-state index contributed by atoms with van der Waals surface area (Å²) in [6, 6.07) is 7.43. The van der Waals surface area contributed by atoms with Gasteiger partial charge in [0, 0.05) is 69.8 Å². The number of aryl methyl sites for hydroxylation is 1. The molecule has 222 valence electrons. The van der Waals surface area contributed by atoms with Crippen LogP contribution >= 0.6 is 0 Å². The van der Waals surface area contributed by atoms with Crippen LogP contribution in [-0.2, 0) is 16.1 Å². The number of aromatic nitrogens is 1. The molecular weight excluding hydrogens is 518 g/mol. The lowest BCUT2D eigenvalue weighted by Crippen LogP contribution is -2.62. The van der Waals surface area contributed by atoms with Crippen molar-refractivity contribution in [3.05, 3.63) is 46.6 Å². The van der Waals surface area contributed by atoms with E-state index in [1.165, 1.54) is 16.7 Å². The number of likely N-dealkylation sites (N-methyl/N-ethyl adjacent to an activating group) is 1. The number of carbonyl (C=O) groups is 1. The summed E-state index contributed by atoms with van der Waals surface area (Å²) in [6.07, 6.45) is 4.83. The quantitative estimate of drug-likeness (QED) is 0.545. The van der Waals surface area contributed by atoms with Crippen molar-refractivity contribution in [1.29, 1.82) is 0 Å². The van der Waals surface area contributed by atoms with Gasteiger partial charge in [0.1, 0.15) is 23.8 Å². The first kappa shape index (κ1) is 28.2. The zero-order valence-corrected chi connectivity index (χ0v) is 25.2. The zero-order chi connectivity index (χ0) is 28.7. The molecule has 0 radical (unpaired) electrons. The van der Waals surface area contributed by atoms with Gasteiger partial charge in [-0.25, -0.2) is 9.78 Å². The van der Waals surface area contributed by atoms with E-state index in [2.05, 4.69) is 47.3 Å². The van der Waals surface area contributed by atoms with Crippen molar-refractivity contribution in [2.75, 3.05) is 58.3 Å². The third-order valence-corrected chi connectivity index (χ3v) is 9.04. The highest BCUT2D eigenvalue weighted by Gasteiger charge is 2.38. The van der Waals surface area contributed by atoms with Crippen molar-refractivity contribution in [1.82, 2.24) is 19.7 Å². The largest absolute Gasteiger partial charge is 0.486 e. The number of fused-ring (bicyclic) bond motifs is 2. The average molecular weight is 564 g/mol. The number of ether oxygens (including phenoxy) is 3. The Morgan fingerprint density at radius 1 is 1.10 bits per heavy atom. The summed E-state index contributed by atoms with van der Waals surface area (Å²) in [6.45, 7) is 14.5. The maximum atomic E-state index is 12.4. The van der Waals surface area contributed by atoms with E-state index in [0.29, 0.717) is 24.6 Å². The standard InChI is InChI=1S/C32H45N5O4/c1-21-16-23(28-7-11-36(13-12-35(28)5)24-18-37(19-24)31(38)41-32(2,3)4)17-27-29(21)40-20-26-25(6-10-33-30(26)34-27)22-8-14-39-15-9-22/h6,10,16-17,22,24,28H,7-9,11-15,18-20H2,1-5H3,(H,33,34)/t28-/m1/s1. The molecule has 2 aromatic rings. The van der Waals surface area contributed by atoms with E-state index in [4.69, 9.17) is 19.2 Å². The molecule has 3 saturated heterocycles. The molecule has 0 saturated carbocycles. The van der Waals surface area contributed by atoms with Gasteiger partial charge in [0.05, 0.1) is 5.69 Å². The Hall–Kier alpha value is -2.88. The van der Waals surface area contributed by atoms with Crippen LogP contribution in [0, 0.1) is 6.92 Å². The smallest absolute Gasteiger partial charge is 0.410 e. The number of hydrogen-bond acceptors (Lipinski definition) is 8. The van der Waals surface area contributed by atoms with Crippen LogP contribution in [0.4, 0.5) is 16.3 Å². The highest BCUT2D eigenvalue weighted by Crippen LogP contribution is 2.42. The van der Waals surface area contributed by atoms with Gasteiger partial charge < -0.3 is 24.4 Å². The number of anilines is 2. The number of amides is 1.